The van der Waals surface area contributed by atoms with Crippen molar-refractivity contribution in [2.24, 2.45) is 0 Å². The number of benzene rings is 2. The summed E-state index contributed by atoms with van der Waals surface area (Å²) in [5, 5.41) is 5.15. The lowest BCUT2D eigenvalue weighted by molar-refractivity contribution is -0.144. The lowest BCUT2D eigenvalue weighted by atomic mass is 10.1. The minimum Gasteiger partial charge on any atom is -0.451 e. The number of carbonyl (C=O) groups excluding carboxylic acids is 3. The van der Waals surface area contributed by atoms with Gasteiger partial charge in [-0.3, -0.25) is 9.59 Å². The van der Waals surface area contributed by atoms with Crippen molar-refractivity contribution in [2.75, 3.05) is 11.9 Å². The highest BCUT2D eigenvalue weighted by Crippen LogP contribution is 2.17. The van der Waals surface area contributed by atoms with Crippen LogP contribution in [0.4, 0.5) is 5.69 Å². The Morgan fingerprint density at radius 1 is 1.00 bits per heavy atom. The van der Waals surface area contributed by atoms with E-state index in [1.165, 1.54) is 13.0 Å². The summed E-state index contributed by atoms with van der Waals surface area (Å²) in [7, 11) is 0. The summed E-state index contributed by atoms with van der Waals surface area (Å²) in [6, 6.07) is 14.6. The number of ether oxygens (including phenoxy) is 1. The van der Waals surface area contributed by atoms with E-state index in [-0.39, 0.29) is 5.70 Å². The van der Waals surface area contributed by atoms with E-state index >= 15 is 0 Å². The minimum atomic E-state index is -0.787. The van der Waals surface area contributed by atoms with Crippen molar-refractivity contribution in [3.05, 3.63) is 70.9 Å². The molecule has 0 atom stereocenters. The van der Waals surface area contributed by atoms with Gasteiger partial charge in [-0.1, -0.05) is 42.5 Å². The van der Waals surface area contributed by atoms with E-state index < -0.39 is 24.4 Å². The summed E-state index contributed by atoms with van der Waals surface area (Å²) in [6.45, 7) is 4.67. The van der Waals surface area contributed by atoms with E-state index in [1.54, 1.807) is 30.3 Å². The second-order valence-electron chi connectivity index (χ2n) is 6.02. The fourth-order valence-electron chi connectivity index (χ4n) is 2.33. The van der Waals surface area contributed by atoms with Crippen LogP contribution in [0.15, 0.2) is 54.2 Å². The van der Waals surface area contributed by atoms with Crippen LogP contribution in [0.2, 0.25) is 0 Å². The molecule has 6 nitrogen and oxygen atoms in total. The SMILES string of the molecule is CC(=O)N/C(=C/c1ccccc1)C(=O)OCC(=O)Nc1cccc(C)c1C. The van der Waals surface area contributed by atoms with Crippen LogP contribution < -0.4 is 10.6 Å². The van der Waals surface area contributed by atoms with Gasteiger partial charge in [0, 0.05) is 12.6 Å². The average molecular weight is 366 g/mol. The first-order valence-corrected chi connectivity index (χ1v) is 8.44. The van der Waals surface area contributed by atoms with Gasteiger partial charge in [0.05, 0.1) is 0 Å². The Hall–Kier alpha value is -3.41. The average Bonchev–Trinajstić information content (AvgIpc) is 2.63. The summed E-state index contributed by atoms with van der Waals surface area (Å²) in [4.78, 5) is 35.7. The molecule has 0 spiro atoms. The number of esters is 1. The van der Waals surface area contributed by atoms with E-state index in [9.17, 15) is 14.4 Å². The van der Waals surface area contributed by atoms with Crippen LogP contribution in [0, 0.1) is 13.8 Å². The highest BCUT2D eigenvalue weighted by molar-refractivity contribution is 5.99. The van der Waals surface area contributed by atoms with Crippen LogP contribution in [0.3, 0.4) is 0 Å². The fraction of sp³-hybridized carbons (Fsp3) is 0.190. The van der Waals surface area contributed by atoms with Gasteiger partial charge in [-0.25, -0.2) is 4.79 Å². The van der Waals surface area contributed by atoms with Gasteiger partial charge >= 0.3 is 5.97 Å². The lowest BCUT2D eigenvalue weighted by Gasteiger charge is -2.12. The van der Waals surface area contributed by atoms with Crippen LogP contribution in [0.1, 0.15) is 23.6 Å². The van der Waals surface area contributed by atoms with Crippen molar-refractivity contribution in [2.45, 2.75) is 20.8 Å². The van der Waals surface area contributed by atoms with Gasteiger partial charge in [0.2, 0.25) is 5.91 Å². The Morgan fingerprint density at radius 3 is 2.37 bits per heavy atom. The summed E-state index contributed by atoms with van der Waals surface area (Å²) in [5.74, 6) is -1.65. The second kappa shape index (κ2) is 9.33. The Kier molecular flexibility index (Phi) is 6.88. The third-order valence-electron chi connectivity index (χ3n) is 3.85. The molecule has 0 fully saturated rings. The summed E-state index contributed by atoms with van der Waals surface area (Å²) >= 11 is 0. The van der Waals surface area contributed by atoms with Gasteiger partial charge in [0.1, 0.15) is 5.70 Å². The smallest absolute Gasteiger partial charge is 0.355 e. The predicted octanol–water partition coefficient (Wildman–Crippen LogP) is 2.96. The highest BCUT2D eigenvalue weighted by atomic mass is 16.5. The van der Waals surface area contributed by atoms with E-state index in [4.69, 9.17) is 4.74 Å². The van der Waals surface area contributed by atoms with Gasteiger partial charge in [0.25, 0.3) is 5.91 Å². The minimum absolute atomic E-state index is 0.0340. The number of hydrogen-bond acceptors (Lipinski definition) is 4. The maximum absolute atomic E-state index is 12.3. The molecule has 0 aliphatic heterocycles. The summed E-state index contributed by atoms with van der Waals surface area (Å²) in [5.41, 5.74) is 3.34. The molecular weight excluding hydrogens is 344 g/mol. The van der Waals surface area contributed by atoms with Gasteiger partial charge in [-0.2, -0.15) is 0 Å². The normalized spacial score (nSPS) is 10.9. The Morgan fingerprint density at radius 2 is 1.70 bits per heavy atom. The Bertz CT molecular complexity index is 873. The van der Waals surface area contributed by atoms with Crippen molar-refractivity contribution in [3.8, 4) is 0 Å². The predicted molar refractivity (Wildman–Crippen MR) is 104 cm³/mol. The van der Waals surface area contributed by atoms with Crippen molar-refractivity contribution in [1.29, 1.82) is 0 Å². The van der Waals surface area contributed by atoms with Crippen LogP contribution in [0.5, 0.6) is 0 Å². The summed E-state index contributed by atoms with van der Waals surface area (Å²) < 4.78 is 5.05. The molecule has 140 valence electrons. The first-order valence-electron chi connectivity index (χ1n) is 8.44. The molecule has 0 aliphatic rings. The third kappa shape index (κ3) is 6.11. The number of nitrogens with one attached hydrogen (secondary N) is 2. The van der Waals surface area contributed by atoms with E-state index in [0.717, 1.165) is 16.7 Å². The number of aryl methyl sites for hydroxylation is 1. The highest BCUT2D eigenvalue weighted by Gasteiger charge is 2.15. The van der Waals surface area contributed by atoms with Crippen molar-refractivity contribution in [3.63, 3.8) is 0 Å². The number of rotatable bonds is 6. The standard InChI is InChI=1S/C21H22N2O4/c1-14-8-7-11-18(15(14)2)23-20(25)13-27-21(26)19(22-16(3)24)12-17-9-5-4-6-10-17/h4-12H,13H2,1-3H3,(H,22,24)(H,23,25)/b19-12+. The molecule has 2 rings (SSSR count). The van der Waals surface area contributed by atoms with Crippen LogP contribution >= 0.6 is 0 Å². The molecule has 2 amide bonds. The number of anilines is 1. The molecule has 0 saturated carbocycles. The van der Waals surface area contributed by atoms with Crippen LogP contribution in [-0.2, 0) is 19.1 Å². The van der Waals surface area contributed by atoms with Gasteiger partial charge < -0.3 is 15.4 Å². The maximum atomic E-state index is 12.3. The molecule has 0 unspecified atom stereocenters. The summed E-state index contributed by atoms with van der Waals surface area (Å²) in [6.07, 6.45) is 1.49. The van der Waals surface area contributed by atoms with E-state index in [2.05, 4.69) is 10.6 Å². The zero-order valence-electron chi connectivity index (χ0n) is 15.5. The maximum Gasteiger partial charge on any atom is 0.355 e. The lowest BCUT2D eigenvalue weighted by Crippen LogP contribution is -2.29. The van der Waals surface area contributed by atoms with Crippen molar-refractivity contribution >= 4 is 29.5 Å². The molecule has 27 heavy (non-hydrogen) atoms. The first-order chi connectivity index (χ1) is 12.9. The molecule has 2 aromatic carbocycles. The fourth-order valence-corrected chi connectivity index (χ4v) is 2.33. The van der Waals surface area contributed by atoms with Crippen molar-refractivity contribution < 1.29 is 19.1 Å². The molecule has 0 radical (unpaired) electrons. The zero-order valence-corrected chi connectivity index (χ0v) is 15.5. The Labute approximate surface area is 158 Å². The first kappa shape index (κ1) is 19.9. The number of hydrogen-bond donors (Lipinski definition) is 2. The zero-order chi connectivity index (χ0) is 19.8. The monoisotopic (exact) mass is 366 g/mol. The largest absolute Gasteiger partial charge is 0.451 e. The van der Waals surface area contributed by atoms with Gasteiger partial charge in [-0.15, -0.1) is 0 Å². The van der Waals surface area contributed by atoms with Crippen molar-refractivity contribution in [1.82, 2.24) is 5.32 Å². The van der Waals surface area contributed by atoms with Crippen LogP contribution in [-0.4, -0.2) is 24.4 Å². The number of carbonyl (C=O) groups is 3. The molecule has 2 aromatic rings. The van der Waals surface area contributed by atoms with Crippen LogP contribution in [0.25, 0.3) is 6.08 Å². The Balaban J connectivity index is 2.02. The third-order valence-corrected chi connectivity index (χ3v) is 3.85. The molecular formula is C21H22N2O4. The molecule has 0 aliphatic carbocycles. The molecule has 0 aromatic heterocycles. The number of amides is 2. The second-order valence-corrected chi connectivity index (χ2v) is 6.02. The molecule has 0 heterocycles. The van der Waals surface area contributed by atoms with Gasteiger partial charge in [0.15, 0.2) is 6.61 Å². The molecule has 6 heteroatoms. The van der Waals surface area contributed by atoms with Gasteiger partial charge in [-0.05, 0) is 42.7 Å². The quantitative estimate of drug-likeness (QED) is 0.608. The molecule has 0 bridgehead atoms. The van der Waals surface area contributed by atoms with E-state index in [0.29, 0.717) is 5.69 Å². The topological polar surface area (TPSA) is 84.5 Å². The molecule has 2 N–H and O–H groups in total. The molecule has 0 saturated heterocycles. The van der Waals surface area contributed by atoms with E-state index in [1.807, 2.05) is 32.0 Å².